The van der Waals surface area contributed by atoms with Gasteiger partial charge in [0.15, 0.2) is 0 Å². The molecule has 0 aliphatic carbocycles. The molecule has 3 rings (SSSR count). The standard InChI is InChI=1S/C16H23N4O2S/c1-19-9-10-20(13-19)12-14-4-6-16(7-5-14)23(21,22)18-11-15-3-2-8-17-15/h4-7,9-10,13,15,17-18H,2-3,8,11-12H2,1H3/q+1/t15-/m0/s1. The van der Waals surface area contributed by atoms with Crippen molar-refractivity contribution in [3.63, 3.8) is 0 Å². The monoisotopic (exact) mass is 335 g/mol. The Morgan fingerprint density at radius 3 is 2.74 bits per heavy atom. The van der Waals surface area contributed by atoms with Crippen LogP contribution in [0, 0.1) is 0 Å². The fraction of sp³-hybridized carbons (Fsp3) is 0.438. The van der Waals surface area contributed by atoms with Crippen molar-refractivity contribution in [3.05, 3.63) is 48.5 Å². The van der Waals surface area contributed by atoms with Gasteiger partial charge in [-0.25, -0.2) is 22.3 Å². The average Bonchev–Trinajstić information content (AvgIpc) is 3.18. The van der Waals surface area contributed by atoms with Crippen LogP contribution in [0.3, 0.4) is 0 Å². The van der Waals surface area contributed by atoms with E-state index in [-0.39, 0.29) is 6.04 Å². The number of aryl methyl sites for hydroxylation is 1. The number of imidazole rings is 1. The molecule has 124 valence electrons. The normalized spacial score (nSPS) is 18.4. The third-order valence-electron chi connectivity index (χ3n) is 4.10. The molecule has 0 amide bonds. The van der Waals surface area contributed by atoms with Crippen LogP contribution in [0.15, 0.2) is 47.9 Å². The van der Waals surface area contributed by atoms with Crippen LogP contribution in [0.2, 0.25) is 0 Å². The Labute approximate surface area is 137 Å². The number of hydrogen-bond donors (Lipinski definition) is 2. The molecule has 0 spiro atoms. The van der Waals surface area contributed by atoms with Crippen molar-refractivity contribution in [2.45, 2.75) is 30.3 Å². The van der Waals surface area contributed by atoms with Gasteiger partial charge in [-0.15, -0.1) is 0 Å². The summed E-state index contributed by atoms with van der Waals surface area (Å²) >= 11 is 0. The van der Waals surface area contributed by atoms with Crippen LogP contribution in [0.25, 0.3) is 0 Å². The zero-order valence-electron chi connectivity index (χ0n) is 13.3. The van der Waals surface area contributed by atoms with Crippen molar-refractivity contribution in [1.29, 1.82) is 0 Å². The molecule has 23 heavy (non-hydrogen) atoms. The molecule has 0 radical (unpaired) electrons. The highest BCUT2D eigenvalue weighted by Gasteiger charge is 2.19. The Kier molecular flexibility index (Phi) is 4.79. The lowest BCUT2D eigenvalue weighted by Gasteiger charge is -2.12. The minimum Gasteiger partial charge on any atom is -0.313 e. The smallest absolute Gasteiger partial charge is 0.243 e. The summed E-state index contributed by atoms with van der Waals surface area (Å²) in [6, 6.07) is 7.32. The quantitative estimate of drug-likeness (QED) is 0.751. The second-order valence-corrected chi connectivity index (χ2v) is 7.81. The van der Waals surface area contributed by atoms with E-state index in [0.29, 0.717) is 11.4 Å². The number of sulfonamides is 1. The van der Waals surface area contributed by atoms with E-state index in [1.807, 2.05) is 47.0 Å². The SMILES string of the molecule is C[n+]1ccn(Cc2ccc(S(=O)(=O)NC[C@@H]3CCCN3)cc2)c1. The van der Waals surface area contributed by atoms with Gasteiger partial charge in [0.1, 0.15) is 18.9 Å². The Bertz CT molecular complexity index is 747. The third-order valence-corrected chi connectivity index (χ3v) is 5.54. The van der Waals surface area contributed by atoms with Crippen molar-refractivity contribution in [2.24, 2.45) is 7.05 Å². The first-order valence-corrected chi connectivity index (χ1v) is 9.34. The van der Waals surface area contributed by atoms with Crippen molar-refractivity contribution in [2.75, 3.05) is 13.1 Å². The van der Waals surface area contributed by atoms with Gasteiger partial charge in [0.25, 0.3) is 0 Å². The van der Waals surface area contributed by atoms with E-state index in [1.165, 1.54) is 0 Å². The van der Waals surface area contributed by atoms with Crippen molar-refractivity contribution in [1.82, 2.24) is 14.6 Å². The Hall–Kier alpha value is -1.70. The van der Waals surface area contributed by atoms with E-state index in [4.69, 9.17) is 0 Å². The van der Waals surface area contributed by atoms with Crippen LogP contribution < -0.4 is 14.6 Å². The zero-order valence-corrected chi connectivity index (χ0v) is 14.1. The topological polar surface area (TPSA) is 67.0 Å². The molecule has 0 saturated carbocycles. The highest BCUT2D eigenvalue weighted by molar-refractivity contribution is 7.89. The minimum atomic E-state index is -3.43. The largest absolute Gasteiger partial charge is 0.313 e. The molecule has 1 saturated heterocycles. The second kappa shape index (κ2) is 6.82. The maximum Gasteiger partial charge on any atom is 0.243 e. The molecule has 1 atom stereocenters. The molecule has 2 N–H and O–H groups in total. The molecule has 2 heterocycles. The van der Waals surface area contributed by atoms with Gasteiger partial charge in [0, 0.05) is 12.6 Å². The molecule has 1 aromatic heterocycles. The van der Waals surface area contributed by atoms with Crippen LogP contribution in [0.1, 0.15) is 18.4 Å². The van der Waals surface area contributed by atoms with Crippen molar-refractivity contribution < 1.29 is 13.0 Å². The number of aromatic nitrogens is 2. The van der Waals surface area contributed by atoms with Gasteiger partial charge in [-0.05, 0) is 37.1 Å². The summed E-state index contributed by atoms with van der Waals surface area (Å²) in [6.07, 6.45) is 8.08. The summed E-state index contributed by atoms with van der Waals surface area (Å²) in [5, 5.41) is 3.29. The molecule has 1 aliphatic heterocycles. The van der Waals surface area contributed by atoms with E-state index in [9.17, 15) is 8.42 Å². The third kappa shape index (κ3) is 4.19. The Morgan fingerprint density at radius 1 is 1.35 bits per heavy atom. The lowest BCUT2D eigenvalue weighted by Crippen LogP contribution is -2.37. The van der Waals surface area contributed by atoms with Crippen LogP contribution in [0.5, 0.6) is 0 Å². The van der Waals surface area contributed by atoms with Crippen LogP contribution >= 0.6 is 0 Å². The van der Waals surface area contributed by atoms with Crippen LogP contribution in [-0.2, 0) is 23.6 Å². The maximum atomic E-state index is 12.3. The predicted octanol–water partition coefficient (Wildman–Crippen LogP) is 0.391. The van der Waals surface area contributed by atoms with E-state index in [0.717, 1.165) is 31.5 Å². The molecule has 7 heteroatoms. The summed E-state index contributed by atoms with van der Waals surface area (Å²) < 4.78 is 31.3. The van der Waals surface area contributed by atoms with Gasteiger partial charge in [-0.2, -0.15) is 0 Å². The first-order valence-electron chi connectivity index (χ1n) is 7.86. The van der Waals surface area contributed by atoms with Crippen LogP contribution in [0.4, 0.5) is 0 Å². The number of benzene rings is 1. The molecule has 1 fully saturated rings. The summed E-state index contributed by atoms with van der Waals surface area (Å²) in [5.41, 5.74) is 1.07. The summed E-state index contributed by atoms with van der Waals surface area (Å²) in [4.78, 5) is 0.317. The van der Waals surface area contributed by atoms with Gasteiger partial charge in [-0.3, -0.25) is 0 Å². The van der Waals surface area contributed by atoms with Gasteiger partial charge >= 0.3 is 0 Å². The first-order chi connectivity index (χ1) is 11.0. The average molecular weight is 335 g/mol. The molecular weight excluding hydrogens is 312 g/mol. The van der Waals surface area contributed by atoms with Gasteiger partial charge in [0.05, 0.1) is 11.9 Å². The summed E-state index contributed by atoms with van der Waals surface area (Å²) in [6.45, 7) is 2.14. The zero-order chi connectivity index (χ0) is 16.3. The Morgan fingerprint density at radius 2 is 2.13 bits per heavy atom. The fourth-order valence-electron chi connectivity index (χ4n) is 2.80. The summed E-state index contributed by atoms with van der Waals surface area (Å²) in [7, 11) is -1.46. The van der Waals surface area contributed by atoms with Crippen molar-refractivity contribution in [3.8, 4) is 0 Å². The first kappa shape index (κ1) is 16.2. The number of nitrogens with one attached hydrogen (secondary N) is 2. The summed E-state index contributed by atoms with van der Waals surface area (Å²) in [5.74, 6) is 0. The maximum absolute atomic E-state index is 12.3. The highest BCUT2D eigenvalue weighted by Crippen LogP contribution is 2.12. The van der Waals surface area contributed by atoms with Crippen LogP contribution in [-0.4, -0.2) is 32.1 Å². The number of hydrogen-bond acceptors (Lipinski definition) is 3. The molecule has 1 aromatic carbocycles. The molecule has 0 unspecified atom stereocenters. The molecule has 6 nitrogen and oxygen atoms in total. The van der Waals surface area contributed by atoms with Gasteiger partial charge < -0.3 is 5.32 Å². The molecule has 1 aliphatic rings. The minimum absolute atomic E-state index is 0.249. The van der Waals surface area contributed by atoms with Gasteiger partial charge in [-0.1, -0.05) is 12.1 Å². The number of nitrogens with zero attached hydrogens (tertiary/aromatic N) is 2. The van der Waals surface area contributed by atoms with Crippen molar-refractivity contribution >= 4 is 10.0 Å². The van der Waals surface area contributed by atoms with E-state index in [2.05, 4.69) is 10.0 Å². The lowest BCUT2D eigenvalue weighted by molar-refractivity contribution is -0.671. The van der Waals surface area contributed by atoms with E-state index < -0.39 is 10.0 Å². The second-order valence-electron chi connectivity index (χ2n) is 6.04. The number of rotatable bonds is 6. The lowest BCUT2D eigenvalue weighted by atomic mass is 10.2. The molecule has 0 bridgehead atoms. The van der Waals surface area contributed by atoms with E-state index in [1.54, 1.807) is 12.1 Å². The molecule has 2 aromatic rings. The fourth-order valence-corrected chi connectivity index (χ4v) is 3.89. The highest BCUT2D eigenvalue weighted by atomic mass is 32.2. The molecular formula is C16H23N4O2S+. The Balaban J connectivity index is 1.63. The van der Waals surface area contributed by atoms with Gasteiger partial charge in [0.2, 0.25) is 16.4 Å². The predicted molar refractivity (Wildman–Crippen MR) is 87.4 cm³/mol. The van der Waals surface area contributed by atoms with E-state index >= 15 is 0 Å².